The lowest BCUT2D eigenvalue weighted by atomic mass is 9.87. The molecule has 0 aromatic heterocycles. The van der Waals surface area contributed by atoms with Crippen molar-refractivity contribution in [2.24, 2.45) is 5.92 Å². The molecule has 2 unspecified atom stereocenters. The molecule has 3 rings (SSSR count). The number of phenolic OH excluding ortho intramolecular Hbond substituents is 3. The molecule has 0 saturated carbocycles. The standard InChI is InChI=1S/C26H30O7/c1-14(2)15(8-9-26(3,4)31)10-18-19(28)12-20(29)24-21(30)13-23(33-25(18)24)17-7-6-16(27)11-22(17)32-5/h6-9,11-12,15,23,27-29,31H,1,10,13H2,2-5H3. The summed E-state index contributed by atoms with van der Waals surface area (Å²) in [5.41, 5.74) is 0.685. The Hall–Kier alpha value is -3.45. The summed E-state index contributed by atoms with van der Waals surface area (Å²) in [5.74, 6) is -0.697. The minimum absolute atomic E-state index is 0.0111. The van der Waals surface area contributed by atoms with Gasteiger partial charge in [0.15, 0.2) is 5.78 Å². The third-order valence-corrected chi connectivity index (χ3v) is 5.61. The van der Waals surface area contributed by atoms with E-state index in [4.69, 9.17) is 9.47 Å². The van der Waals surface area contributed by atoms with Gasteiger partial charge in [0.2, 0.25) is 0 Å². The first-order valence-electron chi connectivity index (χ1n) is 10.6. The third kappa shape index (κ3) is 5.31. The Morgan fingerprint density at radius 3 is 2.58 bits per heavy atom. The molecule has 1 heterocycles. The van der Waals surface area contributed by atoms with Gasteiger partial charge in [0.25, 0.3) is 0 Å². The summed E-state index contributed by atoms with van der Waals surface area (Å²) < 4.78 is 11.5. The Morgan fingerprint density at radius 1 is 1.27 bits per heavy atom. The second kappa shape index (κ2) is 9.19. The molecule has 0 fully saturated rings. The maximum Gasteiger partial charge on any atom is 0.174 e. The van der Waals surface area contributed by atoms with Gasteiger partial charge in [-0.2, -0.15) is 0 Å². The van der Waals surface area contributed by atoms with E-state index in [9.17, 15) is 25.2 Å². The van der Waals surface area contributed by atoms with Crippen LogP contribution in [0.25, 0.3) is 0 Å². The van der Waals surface area contributed by atoms with E-state index in [-0.39, 0.29) is 53.1 Å². The summed E-state index contributed by atoms with van der Waals surface area (Å²) in [6, 6.07) is 5.66. The van der Waals surface area contributed by atoms with Gasteiger partial charge >= 0.3 is 0 Å². The van der Waals surface area contributed by atoms with Gasteiger partial charge in [-0.3, -0.25) is 4.79 Å². The highest BCUT2D eigenvalue weighted by atomic mass is 16.5. The maximum absolute atomic E-state index is 13.0. The van der Waals surface area contributed by atoms with Crippen LogP contribution >= 0.6 is 0 Å². The van der Waals surface area contributed by atoms with E-state index < -0.39 is 11.7 Å². The predicted octanol–water partition coefficient (Wildman–Crippen LogP) is 4.58. The van der Waals surface area contributed by atoms with Crippen LogP contribution in [-0.2, 0) is 6.42 Å². The van der Waals surface area contributed by atoms with E-state index in [0.29, 0.717) is 16.9 Å². The molecule has 176 valence electrons. The zero-order valence-electron chi connectivity index (χ0n) is 19.3. The minimum atomic E-state index is -1.03. The highest BCUT2D eigenvalue weighted by molar-refractivity contribution is 6.03. The van der Waals surface area contributed by atoms with E-state index in [1.165, 1.54) is 19.2 Å². The van der Waals surface area contributed by atoms with Gasteiger partial charge in [-0.1, -0.05) is 24.3 Å². The Morgan fingerprint density at radius 2 is 1.97 bits per heavy atom. The molecule has 2 atom stereocenters. The molecular weight excluding hydrogens is 424 g/mol. The van der Waals surface area contributed by atoms with Crippen molar-refractivity contribution < 1.29 is 34.7 Å². The molecule has 4 N–H and O–H groups in total. The molecule has 7 heteroatoms. The van der Waals surface area contributed by atoms with E-state index >= 15 is 0 Å². The fourth-order valence-corrected chi connectivity index (χ4v) is 3.84. The molecule has 0 aliphatic carbocycles. The Kier molecular flexibility index (Phi) is 6.74. The highest BCUT2D eigenvalue weighted by Crippen LogP contribution is 2.47. The number of ketones is 1. The van der Waals surface area contributed by atoms with Crippen LogP contribution in [0.5, 0.6) is 28.7 Å². The number of carbonyl (C=O) groups excluding carboxylic acids is 1. The van der Waals surface area contributed by atoms with Crippen LogP contribution in [0.2, 0.25) is 0 Å². The number of fused-ring (bicyclic) bond motifs is 1. The molecule has 0 saturated heterocycles. The lowest BCUT2D eigenvalue weighted by molar-refractivity contribution is 0.0838. The predicted molar refractivity (Wildman–Crippen MR) is 124 cm³/mol. The third-order valence-electron chi connectivity index (χ3n) is 5.61. The molecule has 0 amide bonds. The van der Waals surface area contributed by atoms with Crippen LogP contribution in [0.15, 0.2) is 48.6 Å². The van der Waals surface area contributed by atoms with Gasteiger partial charge in [0, 0.05) is 29.2 Å². The van der Waals surface area contributed by atoms with E-state index in [2.05, 4.69) is 6.58 Å². The summed E-state index contributed by atoms with van der Waals surface area (Å²) in [6.07, 6.45) is 2.89. The zero-order valence-corrected chi connectivity index (χ0v) is 19.3. The number of hydrogen-bond donors (Lipinski definition) is 4. The Balaban J connectivity index is 2.08. The lowest BCUT2D eigenvalue weighted by Gasteiger charge is -2.30. The van der Waals surface area contributed by atoms with Gasteiger partial charge in [-0.15, -0.1) is 0 Å². The first-order chi connectivity index (χ1) is 15.4. The average Bonchev–Trinajstić information content (AvgIpc) is 2.71. The number of aromatic hydroxyl groups is 3. The Labute approximate surface area is 193 Å². The van der Waals surface area contributed by atoms with E-state index in [1.54, 1.807) is 32.1 Å². The summed E-state index contributed by atoms with van der Waals surface area (Å²) in [5, 5.41) is 40.9. The van der Waals surface area contributed by atoms with E-state index in [1.807, 2.05) is 6.92 Å². The molecule has 0 spiro atoms. The molecule has 0 radical (unpaired) electrons. The fraction of sp³-hybridized carbons (Fsp3) is 0.346. The van der Waals surface area contributed by atoms with Crippen LogP contribution in [0.4, 0.5) is 0 Å². The quantitative estimate of drug-likeness (QED) is 0.453. The second-order valence-electron chi connectivity index (χ2n) is 8.93. The van der Waals surface area contributed by atoms with Crippen molar-refractivity contribution in [1.29, 1.82) is 0 Å². The van der Waals surface area contributed by atoms with Crippen molar-refractivity contribution in [1.82, 2.24) is 0 Å². The number of methoxy groups -OCH3 is 1. The van der Waals surface area contributed by atoms with Gasteiger partial charge in [0.05, 0.1) is 19.1 Å². The van der Waals surface area contributed by atoms with Crippen LogP contribution in [0.1, 0.15) is 54.8 Å². The first-order valence-corrected chi connectivity index (χ1v) is 10.6. The summed E-state index contributed by atoms with van der Waals surface area (Å²) >= 11 is 0. The minimum Gasteiger partial charge on any atom is -0.508 e. The summed E-state index contributed by atoms with van der Waals surface area (Å²) in [7, 11) is 1.45. The van der Waals surface area contributed by atoms with Crippen molar-refractivity contribution in [3.8, 4) is 28.7 Å². The number of allylic oxidation sites excluding steroid dienone is 2. The molecule has 1 aliphatic rings. The van der Waals surface area contributed by atoms with Crippen molar-refractivity contribution in [3.63, 3.8) is 0 Å². The molecule has 33 heavy (non-hydrogen) atoms. The number of benzene rings is 2. The van der Waals surface area contributed by atoms with Crippen LogP contribution in [-0.4, -0.2) is 38.9 Å². The van der Waals surface area contributed by atoms with Crippen molar-refractivity contribution in [3.05, 3.63) is 65.3 Å². The summed E-state index contributed by atoms with van der Waals surface area (Å²) in [6.45, 7) is 9.14. The van der Waals surface area contributed by atoms with Gasteiger partial charge in [-0.25, -0.2) is 0 Å². The van der Waals surface area contributed by atoms with Gasteiger partial charge in [-0.05, 0) is 39.3 Å². The number of aliphatic hydroxyl groups is 1. The number of phenols is 3. The monoisotopic (exact) mass is 454 g/mol. The number of hydrogen-bond acceptors (Lipinski definition) is 7. The topological polar surface area (TPSA) is 116 Å². The van der Waals surface area contributed by atoms with Gasteiger partial charge < -0.3 is 29.9 Å². The van der Waals surface area contributed by atoms with Gasteiger partial charge in [0.1, 0.15) is 40.4 Å². The second-order valence-corrected chi connectivity index (χ2v) is 8.93. The fourth-order valence-electron chi connectivity index (χ4n) is 3.84. The van der Waals surface area contributed by atoms with E-state index in [0.717, 1.165) is 11.6 Å². The van der Waals surface area contributed by atoms with Crippen LogP contribution < -0.4 is 9.47 Å². The number of carbonyl (C=O) groups is 1. The van der Waals surface area contributed by atoms with Crippen molar-refractivity contribution in [2.75, 3.05) is 7.11 Å². The molecule has 0 bridgehead atoms. The summed E-state index contributed by atoms with van der Waals surface area (Å²) in [4.78, 5) is 13.0. The Bertz CT molecular complexity index is 1110. The molecule has 7 nitrogen and oxygen atoms in total. The van der Waals surface area contributed by atoms with Crippen molar-refractivity contribution in [2.45, 2.75) is 45.3 Å². The molecule has 2 aromatic carbocycles. The maximum atomic E-state index is 13.0. The highest BCUT2D eigenvalue weighted by Gasteiger charge is 2.35. The lowest BCUT2D eigenvalue weighted by Crippen LogP contribution is -2.23. The SMILES string of the molecule is C=C(C)C(C=CC(C)(C)O)Cc1c(O)cc(O)c2c1OC(c1ccc(O)cc1OC)CC2=O. The van der Waals surface area contributed by atoms with Crippen LogP contribution in [0.3, 0.4) is 0 Å². The molecular formula is C26H30O7. The normalized spacial score (nSPS) is 16.9. The largest absolute Gasteiger partial charge is 0.508 e. The first kappa shape index (κ1) is 24.2. The average molecular weight is 455 g/mol. The molecule has 2 aromatic rings. The zero-order chi connectivity index (χ0) is 24.5. The number of ether oxygens (including phenoxy) is 2. The van der Waals surface area contributed by atoms with Crippen molar-refractivity contribution >= 4 is 5.78 Å². The molecule has 1 aliphatic heterocycles. The van der Waals surface area contributed by atoms with Crippen LogP contribution in [0, 0.1) is 5.92 Å². The number of Topliss-reactive ketones (excluding diaryl/α,β-unsaturated/α-hetero) is 1. The smallest absolute Gasteiger partial charge is 0.174 e. The number of rotatable bonds is 7.